The van der Waals surface area contributed by atoms with Gasteiger partial charge in [-0.15, -0.1) is 0 Å². The molecule has 0 unspecified atom stereocenters. The largest absolute Gasteiger partial charge is 0.313 e. The first kappa shape index (κ1) is 13.1. The molecule has 90 valence electrons. The molecule has 0 aliphatic carbocycles. The van der Waals surface area contributed by atoms with Gasteiger partial charge >= 0.3 is 0 Å². The summed E-state index contributed by atoms with van der Waals surface area (Å²) in [5.74, 6) is 0. The van der Waals surface area contributed by atoms with Crippen LogP contribution in [0.4, 0.5) is 0 Å². The quantitative estimate of drug-likeness (QED) is 0.712. The molecule has 0 fully saturated rings. The fourth-order valence-electron chi connectivity index (χ4n) is 1.51. The molecule has 0 saturated carbocycles. The summed E-state index contributed by atoms with van der Waals surface area (Å²) in [7, 11) is 4.23. The first-order chi connectivity index (χ1) is 7.68. The van der Waals surface area contributed by atoms with E-state index in [0.717, 1.165) is 18.8 Å². The predicted molar refractivity (Wildman–Crippen MR) is 68.5 cm³/mol. The van der Waals surface area contributed by atoms with E-state index < -0.39 is 0 Å². The smallest absolute Gasteiger partial charge is 0.0372 e. The van der Waals surface area contributed by atoms with Gasteiger partial charge in [-0.1, -0.05) is 6.07 Å². The number of pyridine rings is 1. The second-order valence-corrected chi connectivity index (χ2v) is 4.49. The highest BCUT2D eigenvalue weighted by atomic mass is 15.0. The lowest BCUT2D eigenvalue weighted by Crippen LogP contribution is -2.18. The lowest BCUT2D eigenvalue weighted by atomic mass is 10.2. The Labute approximate surface area is 98.9 Å². The van der Waals surface area contributed by atoms with Crippen molar-refractivity contribution in [1.29, 1.82) is 0 Å². The van der Waals surface area contributed by atoms with Crippen molar-refractivity contribution in [3.63, 3.8) is 0 Å². The number of nitrogens with zero attached hydrogens (tertiary/aromatic N) is 2. The summed E-state index contributed by atoms with van der Waals surface area (Å²) in [4.78, 5) is 6.50. The molecule has 0 aliphatic heterocycles. The molecule has 0 aromatic carbocycles. The van der Waals surface area contributed by atoms with Crippen molar-refractivity contribution in [3.05, 3.63) is 29.6 Å². The molecule has 0 saturated heterocycles. The van der Waals surface area contributed by atoms with Crippen LogP contribution in [0.3, 0.4) is 0 Å². The molecule has 1 rings (SSSR count). The number of aromatic nitrogens is 1. The summed E-state index contributed by atoms with van der Waals surface area (Å²) >= 11 is 0. The van der Waals surface area contributed by atoms with E-state index in [2.05, 4.69) is 41.4 Å². The lowest BCUT2D eigenvalue weighted by molar-refractivity contribution is 0.391. The fraction of sp³-hybridized carbons (Fsp3) is 0.615. The number of hydrogen-bond donors (Lipinski definition) is 1. The Morgan fingerprint density at radius 2 is 2.06 bits per heavy atom. The summed E-state index contributed by atoms with van der Waals surface area (Å²) in [5, 5.41) is 3.44. The molecule has 0 spiro atoms. The Hall–Kier alpha value is -0.930. The van der Waals surface area contributed by atoms with Crippen LogP contribution < -0.4 is 5.32 Å². The molecule has 1 N–H and O–H groups in total. The normalized spacial score (nSPS) is 11.0. The predicted octanol–water partition coefficient (Wildman–Crippen LogP) is 1.82. The third-order valence-corrected chi connectivity index (χ3v) is 2.51. The van der Waals surface area contributed by atoms with Crippen LogP contribution in [0.15, 0.2) is 18.3 Å². The second kappa shape index (κ2) is 7.36. The molecule has 0 amide bonds. The number of rotatable bonds is 7. The van der Waals surface area contributed by atoms with Gasteiger partial charge < -0.3 is 10.2 Å². The summed E-state index contributed by atoms with van der Waals surface area (Å²) in [6.45, 7) is 5.20. The molecule has 0 aliphatic rings. The Morgan fingerprint density at radius 1 is 1.25 bits per heavy atom. The van der Waals surface area contributed by atoms with E-state index in [0.29, 0.717) is 0 Å². The molecule has 1 aromatic heterocycles. The molecular formula is C13H23N3. The molecule has 16 heavy (non-hydrogen) atoms. The van der Waals surface area contributed by atoms with Gasteiger partial charge in [0.15, 0.2) is 0 Å². The van der Waals surface area contributed by atoms with E-state index in [1.807, 2.05) is 13.1 Å². The van der Waals surface area contributed by atoms with E-state index in [1.165, 1.54) is 24.9 Å². The SMILES string of the molecule is Cc1ccc(CNCCCCN(C)C)cn1. The lowest BCUT2D eigenvalue weighted by Gasteiger charge is -2.09. The van der Waals surface area contributed by atoms with Gasteiger partial charge in [-0.2, -0.15) is 0 Å². The summed E-state index contributed by atoms with van der Waals surface area (Å²) in [6, 6.07) is 4.19. The van der Waals surface area contributed by atoms with Crippen molar-refractivity contribution in [2.75, 3.05) is 27.2 Å². The Balaban J connectivity index is 2.05. The monoisotopic (exact) mass is 221 g/mol. The van der Waals surface area contributed by atoms with Gasteiger partial charge in [0.05, 0.1) is 0 Å². The highest BCUT2D eigenvalue weighted by Crippen LogP contribution is 1.98. The van der Waals surface area contributed by atoms with Crippen molar-refractivity contribution in [2.24, 2.45) is 0 Å². The third-order valence-electron chi connectivity index (χ3n) is 2.51. The van der Waals surface area contributed by atoms with Crippen LogP contribution in [0, 0.1) is 6.92 Å². The molecule has 1 aromatic rings. The highest BCUT2D eigenvalue weighted by Gasteiger charge is 1.94. The minimum Gasteiger partial charge on any atom is -0.313 e. The van der Waals surface area contributed by atoms with Gasteiger partial charge in [0.1, 0.15) is 0 Å². The first-order valence-electron chi connectivity index (χ1n) is 5.95. The van der Waals surface area contributed by atoms with Crippen molar-refractivity contribution < 1.29 is 0 Å². The summed E-state index contributed by atoms with van der Waals surface area (Å²) in [6.07, 6.45) is 4.44. The van der Waals surface area contributed by atoms with Gasteiger partial charge in [-0.05, 0) is 58.6 Å². The van der Waals surface area contributed by atoms with Crippen LogP contribution in [-0.4, -0.2) is 37.1 Å². The van der Waals surface area contributed by atoms with E-state index >= 15 is 0 Å². The van der Waals surface area contributed by atoms with E-state index in [9.17, 15) is 0 Å². The molecular weight excluding hydrogens is 198 g/mol. The minimum absolute atomic E-state index is 0.926. The second-order valence-electron chi connectivity index (χ2n) is 4.49. The first-order valence-corrected chi connectivity index (χ1v) is 5.95. The van der Waals surface area contributed by atoms with Gasteiger partial charge in [0, 0.05) is 18.4 Å². The minimum atomic E-state index is 0.926. The van der Waals surface area contributed by atoms with Crippen molar-refractivity contribution in [2.45, 2.75) is 26.3 Å². The number of unbranched alkanes of at least 4 members (excludes halogenated alkanes) is 1. The van der Waals surface area contributed by atoms with Crippen molar-refractivity contribution in [3.8, 4) is 0 Å². The zero-order chi connectivity index (χ0) is 11.8. The molecule has 0 atom stereocenters. The average Bonchev–Trinajstić information content (AvgIpc) is 2.25. The summed E-state index contributed by atoms with van der Waals surface area (Å²) < 4.78 is 0. The Kier molecular flexibility index (Phi) is 6.04. The zero-order valence-electron chi connectivity index (χ0n) is 10.7. The van der Waals surface area contributed by atoms with Gasteiger partial charge in [0.25, 0.3) is 0 Å². The van der Waals surface area contributed by atoms with Crippen LogP contribution in [0.25, 0.3) is 0 Å². The van der Waals surface area contributed by atoms with Crippen LogP contribution in [0.1, 0.15) is 24.1 Å². The third kappa shape index (κ3) is 5.83. The molecule has 1 heterocycles. The topological polar surface area (TPSA) is 28.2 Å². The highest BCUT2D eigenvalue weighted by molar-refractivity contribution is 5.12. The average molecular weight is 221 g/mol. The molecule has 3 heteroatoms. The van der Waals surface area contributed by atoms with E-state index in [1.54, 1.807) is 0 Å². The van der Waals surface area contributed by atoms with E-state index in [4.69, 9.17) is 0 Å². The maximum absolute atomic E-state index is 4.27. The van der Waals surface area contributed by atoms with Gasteiger partial charge in [0.2, 0.25) is 0 Å². The standard InChI is InChI=1S/C13H23N3/c1-12-6-7-13(11-15-12)10-14-8-4-5-9-16(2)3/h6-7,11,14H,4-5,8-10H2,1-3H3. The number of hydrogen-bond acceptors (Lipinski definition) is 3. The number of nitrogens with one attached hydrogen (secondary N) is 1. The Morgan fingerprint density at radius 3 is 2.69 bits per heavy atom. The van der Waals surface area contributed by atoms with Gasteiger partial charge in [-0.3, -0.25) is 4.98 Å². The van der Waals surface area contributed by atoms with Gasteiger partial charge in [-0.25, -0.2) is 0 Å². The molecule has 3 nitrogen and oxygen atoms in total. The van der Waals surface area contributed by atoms with Crippen molar-refractivity contribution in [1.82, 2.24) is 15.2 Å². The van der Waals surface area contributed by atoms with Crippen LogP contribution in [-0.2, 0) is 6.54 Å². The fourth-order valence-corrected chi connectivity index (χ4v) is 1.51. The van der Waals surface area contributed by atoms with E-state index in [-0.39, 0.29) is 0 Å². The van der Waals surface area contributed by atoms with Crippen LogP contribution >= 0.6 is 0 Å². The van der Waals surface area contributed by atoms with Crippen molar-refractivity contribution >= 4 is 0 Å². The summed E-state index contributed by atoms with van der Waals surface area (Å²) in [5.41, 5.74) is 2.34. The molecule has 0 bridgehead atoms. The Bertz CT molecular complexity index is 280. The maximum Gasteiger partial charge on any atom is 0.0372 e. The van der Waals surface area contributed by atoms with Crippen LogP contribution in [0.2, 0.25) is 0 Å². The molecule has 0 radical (unpaired) electrons. The van der Waals surface area contributed by atoms with Crippen LogP contribution in [0.5, 0.6) is 0 Å². The number of aryl methyl sites for hydroxylation is 1. The maximum atomic E-state index is 4.27. The zero-order valence-corrected chi connectivity index (χ0v) is 10.7.